The third kappa shape index (κ3) is 59.0. The van der Waals surface area contributed by atoms with Crippen molar-refractivity contribution in [2.24, 2.45) is 0 Å². The van der Waals surface area contributed by atoms with Crippen molar-refractivity contribution >= 4 is 39.5 Å². The molecule has 0 aromatic carbocycles. The first-order chi connectivity index (χ1) is 40.7. The molecule has 0 aliphatic carbocycles. The van der Waals surface area contributed by atoms with Crippen LogP contribution < -0.4 is 0 Å². The molecule has 0 saturated carbocycles. The summed E-state index contributed by atoms with van der Waals surface area (Å²) in [4.78, 5) is 72.2. The Balaban J connectivity index is 5.21. The quantitative estimate of drug-likeness (QED) is 0.0222. The molecule has 0 aliphatic rings. The van der Waals surface area contributed by atoms with Crippen LogP contribution >= 0.6 is 15.6 Å². The van der Waals surface area contributed by atoms with Crippen molar-refractivity contribution in [2.75, 3.05) is 39.6 Å². The van der Waals surface area contributed by atoms with Crippen molar-refractivity contribution in [3.63, 3.8) is 0 Å². The number of phosphoric acid groups is 2. The lowest BCUT2D eigenvalue weighted by atomic mass is 10.0. The number of esters is 4. The molecule has 0 rings (SSSR count). The highest BCUT2D eigenvalue weighted by Crippen LogP contribution is 2.45. The average Bonchev–Trinajstić information content (AvgIpc) is 3.58. The first kappa shape index (κ1) is 82.1. The van der Waals surface area contributed by atoms with Gasteiger partial charge in [0.15, 0.2) is 12.2 Å². The SMILES string of the molecule is CCCCCCCCCCCCCCCCCC(=O)O[C@H](COC(=O)CCCCCCCCCCCCCC)COP(=O)(O)OC[C@@H](O)COP(=O)(O)OC[C@@H](COC(=O)CCCCCCCCCC)OC(=O)CCCCCCCCCCC. The Morgan fingerprint density at radius 3 is 0.702 bits per heavy atom. The van der Waals surface area contributed by atoms with Crippen LogP contribution in [0.1, 0.15) is 336 Å². The molecule has 0 aromatic heterocycles. The summed E-state index contributed by atoms with van der Waals surface area (Å²) in [6, 6.07) is 0. The molecule has 2 unspecified atom stereocenters. The van der Waals surface area contributed by atoms with Gasteiger partial charge in [-0.15, -0.1) is 0 Å². The van der Waals surface area contributed by atoms with Crippen LogP contribution in [0.4, 0.5) is 0 Å². The summed E-state index contributed by atoms with van der Waals surface area (Å²) in [5.74, 6) is -2.13. The summed E-state index contributed by atoms with van der Waals surface area (Å²) >= 11 is 0. The number of hydrogen-bond donors (Lipinski definition) is 3. The van der Waals surface area contributed by atoms with Crippen LogP contribution in [0.25, 0.3) is 0 Å². The average molecular weight is 1240 g/mol. The van der Waals surface area contributed by atoms with Crippen molar-refractivity contribution in [3.8, 4) is 0 Å². The van der Waals surface area contributed by atoms with Gasteiger partial charge < -0.3 is 33.8 Å². The number of phosphoric ester groups is 2. The number of unbranched alkanes of at least 4 members (excludes halogenated alkanes) is 40. The van der Waals surface area contributed by atoms with E-state index >= 15 is 0 Å². The molecule has 5 atom stereocenters. The summed E-state index contributed by atoms with van der Waals surface area (Å²) in [5, 5.41) is 10.5. The lowest BCUT2D eigenvalue weighted by molar-refractivity contribution is -0.161. The molecule has 0 aliphatic heterocycles. The van der Waals surface area contributed by atoms with E-state index in [1.807, 2.05) is 0 Å². The van der Waals surface area contributed by atoms with E-state index in [9.17, 15) is 43.2 Å². The van der Waals surface area contributed by atoms with Crippen molar-refractivity contribution in [3.05, 3.63) is 0 Å². The molecule has 498 valence electrons. The van der Waals surface area contributed by atoms with Gasteiger partial charge in [0.25, 0.3) is 0 Å². The fraction of sp³-hybridized carbons (Fsp3) is 0.938. The summed E-state index contributed by atoms with van der Waals surface area (Å²) in [7, 11) is -9.88. The minimum Gasteiger partial charge on any atom is -0.462 e. The van der Waals surface area contributed by atoms with E-state index in [0.29, 0.717) is 25.7 Å². The molecule has 0 fully saturated rings. The second-order valence-corrected chi connectivity index (χ2v) is 26.4. The number of aliphatic hydroxyl groups excluding tert-OH is 1. The first-order valence-electron chi connectivity index (χ1n) is 34.3. The largest absolute Gasteiger partial charge is 0.472 e. The molecule has 17 nitrogen and oxygen atoms in total. The number of rotatable bonds is 66. The fourth-order valence-corrected chi connectivity index (χ4v) is 11.4. The van der Waals surface area contributed by atoms with E-state index in [2.05, 4.69) is 27.7 Å². The standard InChI is InChI=1S/C65H126O17P2/c1-5-9-13-17-21-25-27-29-30-31-33-36-40-44-48-52-65(70)82-61(56-76-63(68)50-46-42-38-35-32-28-26-22-18-14-10-6-2)58-80-84(73,74)78-54-59(66)53-77-83(71,72)79-57-60(55-75-62(67)49-45-41-37-24-20-16-12-8-4)81-64(69)51-47-43-39-34-23-19-15-11-7-3/h59-61,66H,5-58H2,1-4H3,(H,71,72)(H,73,74)/t59-,60+,61+/m0/s1. The highest BCUT2D eigenvalue weighted by Gasteiger charge is 2.30. The van der Waals surface area contributed by atoms with Crippen LogP contribution in [0.2, 0.25) is 0 Å². The van der Waals surface area contributed by atoms with E-state index in [-0.39, 0.29) is 25.7 Å². The molecule has 3 N–H and O–H groups in total. The van der Waals surface area contributed by atoms with Gasteiger partial charge in [0.05, 0.1) is 26.4 Å². The van der Waals surface area contributed by atoms with Crippen LogP contribution in [0.15, 0.2) is 0 Å². The molecule has 19 heteroatoms. The molecule has 0 spiro atoms. The number of ether oxygens (including phenoxy) is 4. The summed E-state index contributed by atoms with van der Waals surface area (Å²) < 4.78 is 68.0. The summed E-state index contributed by atoms with van der Waals surface area (Å²) in [5.41, 5.74) is 0. The molecule has 0 amide bonds. The summed E-state index contributed by atoms with van der Waals surface area (Å²) in [6.45, 7) is 4.87. The minimum atomic E-state index is -4.94. The smallest absolute Gasteiger partial charge is 0.462 e. The molecule has 0 bridgehead atoms. The van der Waals surface area contributed by atoms with Crippen LogP contribution in [0.3, 0.4) is 0 Å². The molecule has 0 aromatic rings. The second-order valence-electron chi connectivity index (χ2n) is 23.5. The Kier molecular flexibility index (Phi) is 58.6. The lowest BCUT2D eigenvalue weighted by Gasteiger charge is -2.21. The van der Waals surface area contributed by atoms with Gasteiger partial charge in [-0.2, -0.15) is 0 Å². The number of carbonyl (C=O) groups is 4. The van der Waals surface area contributed by atoms with Crippen LogP contribution in [0, 0.1) is 0 Å². The molecule has 84 heavy (non-hydrogen) atoms. The van der Waals surface area contributed by atoms with Crippen molar-refractivity contribution in [2.45, 2.75) is 354 Å². The molecular formula is C65H126O17P2. The molecule has 0 heterocycles. The third-order valence-corrected chi connectivity index (χ3v) is 17.0. The number of carbonyl (C=O) groups excluding carboxylic acids is 4. The van der Waals surface area contributed by atoms with Crippen molar-refractivity contribution in [1.82, 2.24) is 0 Å². The van der Waals surface area contributed by atoms with E-state index in [1.165, 1.54) is 161 Å². The zero-order valence-electron chi connectivity index (χ0n) is 53.9. The van der Waals surface area contributed by atoms with E-state index in [1.54, 1.807) is 0 Å². The Hall–Kier alpha value is -1.94. The molecule has 0 saturated heterocycles. The zero-order valence-corrected chi connectivity index (χ0v) is 55.7. The number of hydrogen-bond acceptors (Lipinski definition) is 15. The fourth-order valence-electron chi connectivity index (χ4n) is 9.81. The maximum Gasteiger partial charge on any atom is 0.472 e. The monoisotopic (exact) mass is 1240 g/mol. The predicted octanol–water partition coefficient (Wildman–Crippen LogP) is 18.3. The van der Waals surface area contributed by atoms with Crippen LogP contribution in [0.5, 0.6) is 0 Å². The van der Waals surface area contributed by atoms with Gasteiger partial charge in [0.2, 0.25) is 0 Å². The van der Waals surface area contributed by atoms with Gasteiger partial charge in [0.1, 0.15) is 19.3 Å². The van der Waals surface area contributed by atoms with Gasteiger partial charge >= 0.3 is 39.5 Å². The van der Waals surface area contributed by atoms with Gasteiger partial charge in [-0.3, -0.25) is 37.3 Å². The first-order valence-corrected chi connectivity index (χ1v) is 37.3. The van der Waals surface area contributed by atoms with Crippen molar-refractivity contribution in [1.29, 1.82) is 0 Å². The third-order valence-electron chi connectivity index (χ3n) is 15.1. The van der Waals surface area contributed by atoms with Gasteiger partial charge in [-0.05, 0) is 25.7 Å². The minimum absolute atomic E-state index is 0.106. The Morgan fingerprint density at radius 1 is 0.286 bits per heavy atom. The predicted molar refractivity (Wildman–Crippen MR) is 335 cm³/mol. The summed E-state index contributed by atoms with van der Waals surface area (Å²) in [6.07, 6.45) is 45.8. The zero-order chi connectivity index (χ0) is 61.9. The van der Waals surface area contributed by atoms with Gasteiger partial charge in [-0.25, -0.2) is 9.13 Å². The highest BCUT2D eigenvalue weighted by molar-refractivity contribution is 7.47. The van der Waals surface area contributed by atoms with Crippen LogP contribution in [-0.4, -0.2) is 96.7 Å². The Labute approximate surface area is 511 Å². The van der Waals surface area contributed by atoms with E-state index in [4.69, 9.17) is 37.0 Å². The molecular weight excluding hydrogens is 1110 g/mol. The van der Waals surface area contributed by atoms with Crippen LogP contribution in [-0.2, 0) is 65.4 Å². The van der Waals surface area contributed by atoms with Gasteiger partial charge in [0, 0.05) is 25.7 Å². The normalized spacial score (nSPS) is 14.1. The van der Waals surface area contributed by atoms with Gasteiger partial charge in [-0.1, -0.05) is 285 Å². The van der Waals surface area contributed by atoms with Crippen molar-refractivity contribution < 1.29 is 80.2 Å². The Morgan fingerprint density at radius 2 is 0.476 bits per heavy atom. The van der Waals surface area contributed by atoms with E-state index < -0.39 is 97.5 Å². The maximum absolute atomic E-state index is 13.0. The highest BCUT2D eigenvalue weighted by atomic mass is 31.2. The number of aliphatic hydroxyl groups is 1. The lowest BCUT2D eigenvalue weighted by Crippen LogP contribution is -2.30. The van der Waals surface area contributed by atoms with E-state index in [0.717, 1.165) is 96.3 Å². The molecule has 0 radical (unpaired) electrons. The Bertz CT molecular complexity index is 1620. The second kappa shape index (κ2) is 60.0. The topological polar surface area (TPSA) is 237 Å². The maximum atomic E-state index is 13.0.